The minimum absolute atomic E-state index is 0.155. The van der Waals surface area contributed by atoms with Crippen LogP contribution in [-0.4, -0.2) is 16.1 Å². The highest BCUT2D eigenvalue weighted by Gasteiger charge is 2.18. The second kappa shape index (κ2) is 32.7. The predicted octanol–water partition coefficient (Wildman–Crippen LogP) is 12.2. The van der Waals surface area contributed by atoms with Crippen LogP contribution in [0.25, 0.3) is 0 Å². The van der Waals surface area contributed by atoms with E-state index in [0.717, 1.165) is 25.7 Å². The zero-order chi connectivity index (χ0) is 31.7. The highest BCUT2D eigenvalue weighted by molar-refractivity contribution is 8.27. The van der Waals surface area contributed by atoms with Gasteiger partial charge in [0.2, 0.25) is 0 Å². The zero-order valence-corrected chi connectivity index (χ0v) is 30.1. The van der Waals surface area contributed by atoms with Gasteiger partial charge in [0.1, 0.15) is 0 Å². The monoisotopic (exact) mass is 646 g/mol. The smallest absolute Gasteiger partial charge is 0.337 e. The first kappa shape index (κ1) is 42.3. The molecule has 0 aromatic heterocycles. The van der Waals surface area contributed by atoms with Crippen molar-refractivity contribution < 1.29 is 22.2 Å². The van der Waals surface area contributed by atoms with Gasteiger partial charge in [-0.25, -0.2) is 0 Å². The molecule has 0 bridgehead atoms. The van der Waals surface area contributed by atoms with Crippen molar-refractivity contribution in [2.24, 2.45) is 0 Å². The molecule has 0 aromatic carbocycles. The molecule has 0 aliphatic heterocycles. The third-order valence-corrected chi connectivity index (χ3v) is 9.55. The number of carbonyl (C=O) groups is 2. The van der Waals surface area contributed by atoms with Crippen molar-refractivity contribution in [3.63, 3.8) is 0 Å². The molecule has 0 aromatic rings. The molecule has 0 heterocycles. The highest BCUT2D eigenvalue weighted by atomic mass is 32.9. The number of hydrogen-bond donors (Lipinski definition) is 0. The van der Waals surface area contributed by atoms with Gasteiger partial charge < -0.3 is 8.37 Å². The molecule has 0 aliphatic carbocycles. The highest BCUT2D eigenvalue weighted by Crippen LogP contribution is 2.16. The Hall–Kier alpha value is -0.690. The molecule has 0 aliphatic rings. The van der Waals surface area contributed by atoms with Gasteiger partial charge in [0.25, 0.3) is 0 Å². The Labute approximate surface area is 272 Å². The molecule has 0 atom stereocenters. The Morgan fingerprint density at radius 2 is 0.581 bits per heavy atom. The van der Waals surface area contributed by atoms with Crippen LogP contribution in [0.4, 0.5) is 0 Å². The van der Waals surface area contributed by atoms with E-state index in [1.807, 2.05) is 0 Å². The molecule has 0 rings (SSSR count). The summed E-state index contributed by atoms with van der Waals surface area (Å²) < 4.78 is 21.9. The Bertz CT molecular complexity index is 669. The second-order valence-electron chi connectivity index (χ2n) is 12.7. The quantitative estimate of drug-likeness (QED) is 0.0648. The van der Waals surface area contributed by atoms with Crippen LogP contribution < -0.4 is 0 Å². The van der Waals surface area contributed by atoms with Crippen LogP contribution in [0.3, 0.4) is 0 Å². The average Bonchev–Trinajstić information content (AvgIpc) is 2.96. The Balaban J connectivity index is 3.53. The van der Waals surface area contributed by atoms with Crippen molar-refractivity contribution in [3.05, 3.63) is 0 Å². The number of hydrogen-bond acceptors (Lipinski definition) is 6. The largest absolute Gasteiger partial charge is 0.366 e. The van der Waals surface area contributed by atoms with Gasteiger partial charge in [-0.2, -0.15) is 4.21 Å². The van der Waals surface area contributed by atoms with Crippen LogP contribution in [0.15, 0.2) is 0 Å². The van der Waals surface area contributed by atoms with Gasteiger partial charge in [0.05, 0.1) is 11.2 Å². The van der Waals surface area contributed by atoms with Crippen molar-refractivity contribution in [1.29, 1.82) is 0 Å². The molecule has 0 N–H and O–H groups in total. The summed E-state index contributed by atoms with van der Waals surface area (Å²) in [5.41, 5.74) is 0. The molecule has 0 radical (unpaired) electrons. The van der Waals surface area contributed by atoms with Gasteiger partial charge in [-0.3, -0.25) is 9.59 Å². The van der Waals surface area contributed by atoms with E-state index >= 15 is 0 Å². The van der Waals surface area contributed by atoms with Crippen molar-refractivity contribution in [1.82, 2.24) is 0 Å². The molecule has 0 spiro atoms. The first-order valence-corrected chi connectivity index (χ1v) is 20.9. The maximum atomic E-state index is 12.3. The summed E-state index contributed by atoms with van der Waals surface area (Å²) >= 11 is 4.76. The van der Waals surface area contributed by atoms with E-state index in [2.05, 4.69) is 13.8 Å². The number of rotatable bonds is 34. The summed E-state index contributed by atoms with van der Waals surface area (Å²) in [6, 6.07) is 0. The molecule has 7 heteroatoms. The lowest BCUT2D eigenvalue weighted by Crippen LogP contribution is -2.18. The third-order valence-electron chi connectivity index (χ3n) is 8.36. The van der Waals surface area contributed by atoms with E-state index in [0.29, 0.717) is 12.8 Å². The van der Waals surface area contributed by atoms with Gasteiger partial charge in [0.15, 0.2) is 0 Å². The predicted molar refractivity (Wildman–Crippen MR) is 187 cm³/mol. The first-order valence-electron chi connectivity index (χ1n) is 18.6. The zero-order valence-electron chi connectivity index (χ0n) is 28.5. The summed E-state index contributed by atoms with van der Waals surface area (Å²) in [5, 5.41) is 0. The van der Waals surface area contributed by atoms with Crippen molar-refractivity contribution >= 4 is 32.2 Å². The van der Waals surface area contributed by atoms with Crippen molar-refractivity contribution in [2.75, 3.05) is 0 Å². The van der Waals surface area contributed by atoms with E-state index in [9.17, 15) is 13.8 Å². The molecular formula is C36H70O5S2. The Morgan fingerprint density at radius 3 is 0.791 bits per heavy atom. The number of unbranched alkanes of at least 4 members (excludes halogenated alkanes) is 28. The summed E-state index contributed by atoms with van der Waals surface area (Å²) in [6.45, 7) is 4.52. The fourth-order valence-electron chi connectivity index (χ4n) is 5.61. The lowest BCUT2D eigenvalue weighted by atomic mass is 10.0. The Morgan fingerprint density at radius 1 is 0.395 bits per heavy atom. The van der Waals surface area contributed by atoms with Gasteiger partial charge in [-0.1, -0.05) is 194 Å². The fourth-order valence-corrected chi connectivity index (χ4v) is 6.72. The van der Waals surface area contributed by atoms with E-state index in [4.69, 9.17) is 19.6 Å². The lowest BCUT2D eigenvalue weighted by Gasteiger charge is -2.09. The molecule has 0 saturated carbocycles. The lowest BCUT2D eigenvalue weighted by molar-refractivity contribution is -0.137. The van der Waals surface area contributed by atoms with Gasteiger partial charge in [0, 0.05) is 12.8 Å². The summed E-state index contributed by atoms with van der Waals surface area (Å²) in [7, 11) is -3.79. The van der Waals surface area contributed by atoms with Crippen LogP contribution in [0.5, 0.6) is 0 Å². The molecule has 0 unspecified atom stereocenters. The third kappa shape index (κ3) is 34.0. The Kier molecular flexibility index (Phi) is 32.2. The van der Waals surface area contributed by atoms with E-state index in [-0.39, 0.29) is 12.8 Å². The van der Waals surface area contributed by atoms with Crippen molar-refractivity contribution in [2.45, 2.75) is 219 Å². The first-order chi connectivity index (χ1) is 20.9. The molecule has 0 amide bonds. The average molecular weight is 647 g/mol. The van der Waals surface area contributed by atoms with E-state index in [1.165, 1.54) is 154 Å². The summed E-state index contributed by atoms with van der Waals surface area (Å²) in [6.07, 6.45) is 37.8. The second-order valence-corrected chi connectivity index (χ2v) is 15.1. The summed E-state index contributed by atoms with van der Waals surface area (Å²) in [5.74, 6) is -1.29. The maximum Gasteiger partial charge on any atom is 0.366 e. The fraction of sp³-hybridized carbons (Fsp3) is 0.944. The van der Waals surface area contributed by atoms with Gasteiger partial charge in [-0.15, -0.1) is 0 Å². The molecule has 43 heavy (non-hydrogen) atoms. The normalized spacial score (nSPS) is 11.6. The van der Waals surface area contributed by atoms with Crippen LogP contribution >= 0.6 is 0 Å². The van der Waals surface area contributed by atoms with E-state index in [1.54, 1.807) is 0 Å². The van der Waals surface area contributed by atoms with E-state index < -0.39 is 21.0 Å². The van der Waals surface area contributed by atoms with Crippen molar-refractivity contribution in [3.8, 4) is 0 Å². The standard InChI is InChI=1S/C36H70O5S2/c1-3-5-7-9-11-13-15-17-19-21-23-25-27-29-31-33-35(37)40-43(39,42)41-36(38)34-32-30-28-26-24-22-20-18-16-14-12-10-8-6-4-2/h3-34H2,1-2H3. The minimum atomic E-state index is -3.79. The SMILES string of the molecule is CCCCCCCCCCCCCCCCCC(=O)OS(=O)(=S)OC(=O)CCCCCCCCCCCCCCCCC. The van der Waals surface area contributed by atoms with Crippen LogP contribution in [0.2, 0.25) is 0 Å². The molecule has 5 nitrogen and oxygen atoms in total. The summed E-state index contributed by atoms with van der Waals surface area (Å²) in [4.78, 5) is 24.0. The topological polar surface area (TPSA) is 69.7 Å². The minimum Gasteiger partial charge on any atom is -0.337 e. The van der Waals surface area contributed by atoms with Crippen LogP contribution in [-0.2, 0) is 38.2 Å². The van der Waals surface area contributed by atoms with Gasteiger partial charge in [-0.05, 0) is 12.8 Å². The van der Waals surface area contributed by atoms with Crippen LogP contribution in [0, 0.1) is 0 Å². The molecule has 0 fully saturated rings. The number of carbonyl (C=O) groups excluding carboxylic acids is 2. The molecular weight excluding hydrogens is 577 g/mol. The van der Waals surface area contributed by atoms with Crippen LogP contribution in [0.1, 0.15) is 219 Å². The molecule has 256 valence electrons. The maximum absolute atomic E-state index is 12.3. The molecule has 0 saturated heterocycles. The van der Waals surface area contributed by atoms with Gasteiger partial charge >= 0.3 is 21.0 Å².